The monoisotopic (exact) mass is 357 g/mol. The third kappa shape index (κ3) is 3.18. The van der Waals surface area contributed by atoms with E-state index in [1.165, 1.54) is 27.5 Å². The van der Waals surface area contributed by atoms with Crippen LogP contribution in [0.15, 0.2) is 59.6 Å². The average Bonchev–Trinajstić information content (AvgIpc) is 3.13. The minimum Gasteiger partial charge on any atom is -0.369 e. The number of hydrogen-bond donors (Lipinski definition) is 1. The van der Waals surface area contributed by atoms with Gasteiger partial charge in [0.1, 0.15) is 0 Å². The first-order chi connectivity index (χ1) is 13.1. The number of rotatable bonds is 4. The minimum atomic E-state index is 0.509. The van der Waals surface area contributed by atoms with Crippen LogP contribution < -0.4 is 10.6 Å². The molecule has 0 aromatic heterocycles. The first kappa shape index (κ1) is 17.6. The van der Waals surface area contributed by atoms with Gasteiger partial charge in [0.15, 0.2) is 0 Å². The Morgan fingerprint density at radius 1 is 1.07 bits per heavy atom. The van der Waals surface area contributed by atoms with E-state index < -0.39 is 0 Å². The Balaban J connectivity index is 1.70. The summed E-state index contributed by atoms with van der Waals surface area (Å²) in [4.78, 5) is 6.76. The fraction of sp³-hybridized carbons (Fsp3) is 0.292. The van der Waals surface area contributed by atoms with E-state index in [1.807, 2.05) is 11.9 Å². The molecule has 27 heavy (non-hydrogen) atoms. The van der Waals surface area contributed by atoms with Gasteiger partial charge in [-0.1, -0.05) is 50.2 Å². The van der Waals surface area contributed by atoms with Gasteiger partial charge in [-0.15, -0.1) is 0 Å². The number of aryl methyl sites for hydroxylation is 2. The summed E-state index contributed by atoms with van der Waals surface area (Å²) >= 11 is 0. The molecular weight excluding hydrogens is 330 g/mol. The van der Waals surface area contributed by atoms with Gasteiger partial charge in [-0.05, 0) is 65.5 Å². The molecule has 0 spiro atoms. The van der Waals surface area contributed by atoms with Crippen molar-refractivity contribution in [1.82, 2.24) is 0 Å². The summed E-state index contributed by atoms with van der Waals surface area (Å²) in [6.07, 6.45) is 3.37. The van der Waals surface area contributed by atoms with Crippen molar-refractivity contribution in [2.24, 2.45) is 10.7 Å². The van der Waals surface area contributed by atoms with E-state index in [4.69, 9.17) is 10.7 Å². The highest BCUT2D eigenvalue weighted by molar-refractivity contribution is 6.02. The first-order valence-electron chi connectivity index (χ1n) is 9.79. The van der Waals surface area contributed by atoms with Gasteiger partial charge >= 0.3 is 0 Å². The highest BCUT2D eigenvalue weighted by atomic mass is 15.2. The highest BCUT2D eigenvalue weighted by Crippen LogP contribution is 2.36. The van der Waals surface area contributed by atoms with Crippen LogP contribution in [0.1, 0.15) is 42.9 Å². The van der Waals surface area contributed by atoms with Gasteiger partial charge in [0, 0.05) is 18.1 Å². The van der Waals surface area contributed by atoms with Gasteiger partial charge in [-0.3, -0.25) is 0 Å². The molecule has 1 unspecified atom stereocenters. The number of guanidine groups is 1. The van der Waals surface area contributed by atoms with E-state index >= 15 is 0 Å². The zero-order valence-electron chi connectivity index (χ0n) is 16.4. The lowest BCUT2D eigenvalue weighted by Crippen LogP contribution is -2.33. The van der Waals surface area contributed by atoms with Crippen LogP contribution in [0.25, 0.3) is 10.8 Å². The maximum Gasteiger partial charge on any atom is 0.200 e. The molecule has 0 radical (unpaired) electrons. The van der Waals surface area contributed by atoms with Crippen molar-refractivity contribution in [3.05, 3.63) is 71.3 Å². The second kappa shape index (κ2) is 7.07. The van der Waals surface area contributed by atoms with Crippen molar-refractivity contribution >= 4 is 28.1 Å². The molecule has 3 aromatic carbocycles. The van der Waals surface area contributed by atoms with E-state index in [9.17, 15) is 0 Å². The average molecular weight is 358 g/mol. The van der Waals surface area contributed by atoms with E-state index in [1.54, 1.807) is 0 Å². The summed E-state index contributed by atoms with van der Waals surface area (Å²) in [5, 5.41) is 2.57. The summed E-state index contributed by atoms with van der Waals surface area (Å²) in [6.45, 7) is 4.47. The maximum absolute atomic E-state index is 6.40. The number of nitrogens with two attached hydrogens (primary N) is 1. The Kier molecular flexibility index (Phi) is 4.61. The van der Waals surface area contributed by atoms with Crippen molar-refractivity contribution < 1.29 is 0 Å². The predicted molar refractivity (Wildman–Crippen MR) is 116 cm³/mol. The minimum absolute atomic E-state index is 0.509. The van der Waals surface area contributed by atoms with Crippen LogP contribution in [-0.4, -0.2) is 13.0 Å². The topological polar surface area (TPSA) is 41.6 Å². The van der Waals surface area contributed by atoms with Crippen molar-refractivity contribution in [3.63, 3.8) is 0 Å². The molecule has 138 valence electrons. The zero-order valence-corrected chi connectivity index (χ0v) is 16.4. The molecule has 0 amide bonds. The van der Waals surface area contributed by atoms with Gasteiger partial charge < -0.3 is 10.6 Å². The van der Waals surface area contributed by atoms with E-state index in [0.29, 0.717) is 11.9 Å². The molecule has 3 heteroatoms. The van der Waals surface area contributed by atoms with Crippen molar-refractivity contribution in [1.29, 1.82) is 0 Å². The van der Waals surface area contributed by atoms with E-state index in [0.717, 1.165) is 30.6 Å². The highest BCUT2D eigenvalue weighted by Gasteiger charge is 2.16. The van der Waals surface area contributed by atoms with Crippen LogP contribution in [0.2, 0.25) is 0 Å². The molecule has 0 aliphatic heterocycles. The largest absolute Gasteiger partial charge is 0.369 e. The van der Waals surface area contributed by atoms with Crippen LogP contribution in [0.3, 0.4) is 0 Å². The van der Waals surface area contributed by atoms with Gasteiger partial charge in [0.05, 0.1) is 5.69 Å². The van der Waals surface area contributed by atoms with Gasteiger partial charge in [-0.25, -0.2) is 4.99 Å². The molecule has 3 aromatic rings. The number of aliphatic imine (C=N–C) groups is 1. The SMILES string of the molecule is CCC(C)c1cccc(N(C)C(N)=Nc2ccc3c4c(cccc24)CC3)c1. The van der Waals surface area contributed by atoms with Crippen LogP contribution in [0.4, 0.5) is 11.4 Å². The Bertz CT molecular complexity index is 1010. The lowest BCUT2D eigenvalue weighted by molar-refractivity contribution is 0.733. The van der Waals surface area contributed by atoms with Crippen LogP contribution in [0, 0.1) is 0 Å². The predicted octanol–water partition coefficient (Wildman–Crippen LogP) is 5.53. The molecule has 4 rings (SSSR count). The Morgan fingerprint density at radius 3 is 2.59 bits per heavy atom. The third-order valence-electron chi connectivity index (χ3n) is 5.87. The molecule has 2 N–H and O–H groups in total. The molecule has 0 saturated carbocycles. The maximum atomic E-state index is 6.40. The van der Waals surface area contributed by atoms with Crippen molar-refractivity contribution in [3.8, 4) is 0 Å². The van der Waals surface area contributed by atoms with Gasteiger partial charge in [0.25, 0.3) is 0 Å². The molecule has 0 heterocycles. The van der Waals surface area contributed by atoms with E-state index in [-0.39, 0.29) is 0 Å². The first-order valence-corrected chi connectivity index (χ1v) is 9.79. The van der Waals surface area contributed by atoms with Gasteiger partial charge in [0.2, 0.25) is 5.96 Å². The Labute approximate surface area is 161 Å². The molecule has 1 atom stereocenters. The van der Waals surface area contributed by atoms with Crippen molar-refractivity contribution in [2.75, 3.05) is 11.9 Å². The quantitative estimate of drug-likeness (QED) is 0.492. The summed E-state index contributed by atoms with van der Waals surface area (Å²) < 4.78 is 0. The molecule has 3 nitrogen and oxygen atoms in total. The number of nitrogens with zero attached hydrogens (tertiary/aromatic N) is 2. The molecule has 0 fully saturated rings. The zero-order chi connectivity index (χ0) is 19.0. The molecule has 0 bridgehead atoms. The Morgan fingerprint density at radius 2 is 1.81 bits per heavy atom. The van der Waals surface area contributed by atoms with Crippen molar-refractivity contribution in [2.45, 2.75) is 39.0 Å². The lowest BCUT2D eigenvalue weighted by Gasteiger charge is -2.20. The molecule has 1 aliphatic rings. The molecule has 0 saturated heterocycles. The number of benzene rings is 3. The lowest BCUT2D eigenvalue weighted by atomic mass is 9.98. The second-order valence-corrected chi connectivity index (χ2v) is 7.52. The smallest absolute Gasteiger partial charge is 0.200 e. The normalized spacial score (nSPS) is 14.6. The molecular formula is C24H27N3. The second-order valence-electron chi connectivity index (χ2n) is 7.52. The fourth-order valence-electron chi connectivity index (χ4n) is 3.94. The third-order valence-corrected chi connectivity index (χ3v) is 5.87. The number of anilines is 1. The summed E-state index contributed by atoms with van der Waals surface area (Å²) in [7, 11) is 1.98. The van der Waals surface area contributed by atoms with Gasteiger partial charge in [-0.2, -0.15) is 0 Å². The van der Waals surface area contributed by atoms with Crippen LogP contribution in [-0.2, 0) is 12.8 Å². The summed E-state index contributed by atoms with van der Waals surface area (Å²) in [6, 6.07) is 19.4. The summed E-state index contributed by atoms with van der Waals surface area (Å²) in [5.41, 5.74) is 12.6. The fourth-order valence-corrected chi connectivity index (χ4v) is 3.94. The summed E-state index contributed by atoms with van der Waals surface area (Å²) in [5.74, 6) is 1.04. The van der Waals surface area contributed by atoms with Crippen LogP contribution in [0.5, 0.6) is 0 Å². The van der Waals surface area contributed by atoms with E-state index in [2.05, 4.69) is 68.4 Å². The Hall–Kier alpha value is -2.81. The standard InChI is InChI=1S/C24H27N3/c1-4-16(2)19-8-5-9-20(15-19)27(3)24(25)26-22-14-13-18-12-11-17-7-6-10-21(22)23(17)18/h5-10,13-16H,4,11-12H2,1-3H3,(H2,25,26). The van der Waals surface area contributed by atoms with Crippen LogP contribution >= 0.6 is 0 Å². The number of hydrogen-bond acceptors (Lipinski definition) is 1. The molecule has 1 aliphatic carbocycles.